The van der Waals surface area contributed by atoms with Crippen molar-refractivity contribution in [1.82, 2.24) is 0 Å². The Morgan fingerprint density at radius 1 is 1.43 bits per heavy atom. The predicted molar refractivity (Wildman–Crippen MR) is 69.2 cm³/mol. The van der Waals surface area contributed by atoms with Gasteiger partial charge in [-0.15, -0.1) is 12.6 Å². The van der Waals surface area contributed by atoms with Gasteiger partial charge in [0.05, 0.1) is 0 Å². The molecule has 0 saturated carbocycles. The maximum Gasteiger partial charge on any atom is 0.187 e. The van der Waals surface area contributed by atoms with Crippen molar-refractivity contribution in [2.24, 2.45) is 0 Å². The van der Waals surface area contributed by atoms with Crippen LogP contribution in [0.25, 0.3) is 0 Å². The van der Waals surface area contributed by atoms with Crippen molar-refractivity contribution in [2.45, 2.75) is 58.9 Å². The van der Waals surface area contributed by atoms with Crippen molar-refractivity contribution < 1.29 is 9.22 Å². The first kappa shape index (κ1) is 16.6. The van der Waals surface area contributed by atoms with E-state index in [1.165, 1.54) is 18.9 Å². The Bertz CT molecular complexity index is 138. The Balaban J connectivity index is 0. The Hall–Kier alpha value is 0.197. The first-order valence-electron chi connectivity index (χ1n) is 5.15. The summed E-state index contributed by atoms with van der Waals surface area (Å²) in [6, 6.07) is 1.31. The first-order valence-corrected chi connectivity index (χ1v) is 8.78. The van der Waals surface area contributed by atoms with Crippen molar-refractivity contribution in [3.05, 3.63) is 0 Å². The summed E-state index contributed by atoms with van der Waals surface area (Å²) in [5, 5.41) is 0. The van der Waals surface area contributed by atoms with Crippen molar-refractivity contribution in [2.75, 3.05) is 0 Å². The van der Waals surface area contributed by atoms with E-state index in [9.17, 15) is 0 Å². The van der Waals surface area contributed by atoms with E-state index in [4.69, 9.17) is 9.22 Å². The number of thiol groups is 1. The molecule has 0 aromatic carbocycles. The van der Waals surface area contributed by atoms with E-state index in [0.29, 0.717) is 11.7 Å². The molecule has 0 N–H and O–H groups in total. The second-order valence-electron chi connectivity index (χ2n) is 4.14. The number of unbranched alkanes of at least 4 members (excludes halogenated alkanes) is 1. The van der Waals surface area contributed by atoms with Crippen molar-refractivity contribution in [1.29, 1.82) is 0 Å². The standard InChI is InChI=1S/C9H22OSi.CH2OS/c1-6-7-8-11(4,5)10-9(2)3;2-1-3/h9H,6-8H2,1-5H3;1H,(H,2,3). The zero-order valence-corrected chi connectivity index (χ0v) is 11.9. The SMILES string of the molecule is CCCC[Si](C)(C)OC(C)C.O=CS. The summed E-state index contributed by atoms with van der Waals surface area (Å²) in [5.74, 6) is 0. The lowest BCUT2D eigenvalue weighted by Gasteiger charge is -2.25. The molecule has 0 unspecified atom stereocenters. The molecule has 0 aliphatic rings. The Labute approximate surface area is 95.0 Å². The zero-order chi connectivity index (χ0) is 11.6. The van der Waals surface area contributed by atoms with Gasteiger partial charge in [-0.1, -0.05) is 19.8 Å². The lowest BCUT2D eigenvalue weighted by atomic mass is 10.4. The minimum absolute atomic E-state index is 0.411. The van der Waals surface area contributed by atoms with Crippen LogP contribution in [0.2, 0.25) is 19.1 Å². The van der Waals surface area contributed by atoms with Crippen LogP contribution in [0, 0.1) is 0 Å². The molecular formula is C10H24O2SSi. The molecule has 86 valence electrons. The van der Waals surface area contributed by atoms with Crippen molar-refractivity contribution >= 4 is 26.6 Å². The molecule has 0 spiro atoms. The van der Waals surface area contributed by atoms with Crippen LogP contribution in [0.1, 0.15) is 33.6 Å². The van der Waals surface area contributed by atoms with Gasteiger partial charge in [-0.05, 0) is 33.0 Å². The van der Waals surface area contributed by atoms with Crippen LogP contribution in [0.15, 0.2) is 0 Å². The molecule has 0 radical (unpaired) electrons. The molecule has 0 bridgehead atoms. The Morgan fingerprint density at radius 3 is 2.14 bits per heavy atom. The molecule has 0 fully saturated rings. The van der Waals surface area contributed by atoms with Crippen molar-refractivity contribution in [3.8, 4) is 0 Å². The highest BCUT2D eigenvalue weighted by atomic mass is 32.1. The fraction of sp³-hybridized carbons (Fsp3) is 0.900. The summed E-state index contributed by atoms with van der Waals surface area (Å²) in [6.45, 7) is 11.1. The number of hydrogen-bond acceptors (Lipinski definition) is 2. The predicted octanol–water partition coefficient (Wildman–Crippen LogP) is 3.52. The fourth-order valence-electron chi connectivity index (χ4n) is 1.30. The molecule has 0 aliphatic heterocycles. The molecule has 0 rings (SSSR count). The van der Waals surface area contributed by atoms with Crippen LogP contribution >= 0.6 is 12.6 Å². The van der Waals surface area contributed by atoms with Gasteiger partial charge in [-0.2, -0.15) is 0 Å². The smallest absolute Gasteiger partial charge is 0.187 e. The second kappa shape index (κ2) is 9.74. The molecule has 0 aromatic rings. The van der Waals surface area contributed by atoms with Crippen LogP contribution in [0.3, 0.4) is 0 Å². The molecule has 0 saturated heterocycles. The number of hydrogen-bond donors (Lipinski definition) is 1. The van der Waals surface area contributed by atoms with E-state index in [1.807, 2.05) is 0 Å². The second-order valence-corrected chi connectivity index (χ2v) is 8.60. The maximum atomic E-state index is 8.67. The van der Waals surface area contributed by atoms with Gasteiger partial charge in [0.2, 0.25) is 0 Å². The van der Waals surface area contributed by atoms with Crippen LogP contribution in [-0.4, -0.2) is 20.0 Å². The third kappa shape index (κ3) is 14.7. The van der Waals surface area contributed by atoms with E-state index in [-0.39, 0.29) is 0 Å². The van der Waals surface area contributed by atoms with E-state index >= 15 is 0 Å². The third-order valence-corrected chi connectivity index (χ3v) is 4.35. The quantitative estimate of drug-likeness (QED) is 0.449. The van der Waals surface area contributed by atoms with Gasteiger partial charge in [-0.3, -0.25) is 4.79 Å². The Morgan fingerprint density at radius 2 is 1.86 bits per heavy atom. The lowest BCUT2D eigenvalue weighted by Crippen LogP contribution is -2.33. The molecule has 2 nitrogen and oxygen atoms in total. The summed E-state index contributed by atoms with van der Waals surface area (Å²) in [5.41, 5.74) is 0.444. The topological polar surface area (TPSA) is 26.3 Å². The van der Waals surface area contributed by atoms with Crippen LogP contribution in [0.5, 0.6) is 0 Å². The summed E-state index contributed by atoms with van der Waals surface area (Å²) >= 11 is 3.11. The Kier molecular flexibility index (Phi) is 11.6. The van der Waals surface area contributed by atoms with Gasteiger partial charge in [-0.25, -0.2) is 0 Å². The van der Waals surface area contributed by atoms with Gasteiger partial charge in [0.25, 0.3) is 0 Å². The molecule has 0 heterocycles. The van der Waals surface area contributed by atoms with E-state index in [1.54, 1.807) is 0 Å². The first-order chi connectivity index (χ1) is 6.39. The summed E-state index contributed by atoms with van der Waals surface area (Å²) < 4.78 is 5.88. The monoisotopic (exact) mass is 236 g/mol. The summed E-state index contributed by atoms with van der Waals surface area (Å²) in [4.78, 5) is 8.67. The average Bonchev–Trinajstić information content (AvgIpc) is 2.00. The highest BCUT2D eigenvalue weighted by Gasteiger charge is 2.22. The zero-order valence-electron chi connectivity index (χ0n) is 10.0. The highest BCUT2D eigenvalue weighted by Crippen LogP contribution is 2.16. The number of carbonyl (C=O) groups excluding carboxylic acids is 1. The van der Waals surface area contributed by atoms with Gasteiger partial charge in [0.15, 0.2) is 13.9 Å². The normalized spacial score (nSPS) is 10.8. The van der Waals surface area contributed by atoms with E-state index < -0.39 is 8.32 Å². The molecule has 14 heavy (non-hydrogen) atoms. The van der Waals surface area contributed by atoms with Crippen LogP contribution in [0.4, 0.5) is 0 Å². The van der Waals surface area contributed by atoms with Crippen LogP contribution < -0.4 is 0 Å². The van der Waals surface area contributed by atoms with Gasteiger partial charge in [0.1, 0.15) is 0 Å². The third-order valence-electron chi connectivity index (χ3n) is 1.69. The van der Waals surface area contributed by atoms with Gasteiger partial charge in [0, 0.05) is 6.10 Å². The molecule has 0 aliphatic carbocycles. The molecule has 4 heteroatoms. The van der Waals surface area contributed by atoms with Crippen LogP contribution in [-0.2, 0) is 9.22 Å². The minimum Gasteiger partial charge on any atom is -0.415 e. The summed E-state index contributed by atoms with van der Waals surface area (Å²) in [6.07, 6.45) is 3.03. The lowest BCUT2D eigenvalue weighted by molar-refractivity contribution is 0.231. The molecule has 0 aromatic heterocycles. The van der Waals surface area contributed by atoms with Gasteiger partial charge >= 0.3 is 0 Å². The number of carbonyl (C=O) groups is 1. The minimum atomic E-state index is -1.29. The fourth-order valence-corrected chi connectivity index (χ4v) is 3.90. The maximum absolute atomic E-state index is 8.67. The molecule has 0 atom stereocenters. The van der Waals surface area contributed by atoms with Crippen molar-refractivity contribution in [3.63, 3.8) is 0 Å². The largest absolute Gasteiger partial charge is 0.415 e. The van der Waals surface area contributed by atoms with E-state index in [0.717, 1.165) is 0 Å². The highest BCUT2D eigenvalue weighted by molar-refractivity contribution is 7.94. The van der Waals surface area contributed by atoms with E-state index in [2.05, 4.69) is 46.5 Å². The average molecular weight is 236 g/mol. The number of rotatable bonds is 5. The van der Waals surface area contributed by atoms with Gasteiger partial charge < -0.3 is 4.43 Å². The summed E-state index contributed by atoms with van der Waals surface area (Å²) in [7, 11) is -1.29. The molecule has 0 amide bonds. The molecular weight excluding hydrogens is 212 g/mol.